The van der Waals surface area contributed by atoms with Crippen LogP contribution < -0.4 is 10.7 Å². The maximum atomic E-state index is 14.3. The van der Waals surface area contributed by atoms with Gasteiger partial charge in [-0.1, -0.05) is 18.2 Å². The molecule has 7 nitrogen and oxygen atoms in total. The first-order chi connectivity index (χ1) is 13.3. The molecule has 0 aliphatic heterocycles. The molecule has 10 heteroatoms. The summed E-state index contributed by atoms with van der Waals surface area (Å²) >= 11 is 0. The molecule has 0 saturated carbocycles. The van der Waals surface area contributed by atoms with E-state index in [-0.39, 0.29) is 21.5 Å². The highest BCUT2D eigenvalue weighted by Gasteiger charge is 2.21. The van der Waals surface area contributed by atoms with Crippen molar-refractivity contribution in [3.63, 3.8) is 0 Å². The van der Waals surface area contributed by atoms with Crippen molar-refractivity contribution in [1.82, 2.24) is 14.8 Å². The van der Waals surface area contributed by atoms with E-state index in [4.69, 9.17) is 5.14 Å². The Balaban J connectivity index is 2.02. The van der Waals surface area contributed by atoms with Crippen molar-refractivity contribution in [2.45, 2.75) is 4.90 Å². The number of H-pyrrole nitrogens is 1. The average Bonchev–Trinajstić information content (AvgIpc) is 3.02. The van der Waals surface area contributed by atoms with Crippen LogP contribution in [0.4, 0.5) is 8.78 Å². The lowest BCUT2D eigenvalue weighted by Gasteiger charge is -2.06. The lowest BCUT2D eigenvalue weighted by molar-refractivity contribution is 0.563. The molecule has 4 rings (SSSR count). The molecule has 0 spiro atoms. The molecule has 3 N–H and O–H groups in total. The minimum Gasteiger partial charge on any atom is -0.328 e. The van der Waals surface area contributed by atoms with Gasteiger partial charge in [0, 0.05) is 11.8 Å². The van der Waals surface area contributed by atoms with Crippen LogP contribution in [0.15, 0.2) is 64.4 Å². The highest BCUT2D eigenvalue weighted by Crippen LogP contribution is 2.29. The number of primary sulfonamides is 1. The maximum absolute atomic E-state index is 14.3. The van der Waals surface area contributed by atoms with Gasteiger partial charge in [-0.15, -0.1) is 0 Å². The molecule has 2 heterocycles. The molecule has 142 valence electrons. The highest BCUT2D eigenvalue weighted by molar-refractivity contribution is 7.89. The minimum absolute atomic E-state index is 0.105. The van der Waals surface area contributed by atoms with Crippen LogP contribution >= 0.6 is 0 Å². The number of para-hydroxylation sites is 1. The Labute approximate surface area is 157 Å². The Morgan fingerprint density at radius 3 is 2.25 bits per heavy atom. The number of aromatic nitrogens is 3. The zero-order chi connectivity index (χ0) is 20.1. The van der Waals surface area contributed by atoms with Gasteiger partial charge in [0.25, 0.3) is 5.56 Å². The lowest BCUT2D eigenvalue weighted by atomic mass is 10.1. The number of hydrogen-bond donors (Lipinski definition) is 2. The van der Waals surface area contributed by atoms with E-state index in [2.05, 4.69) is 10.1 Å². The largest absolute Gasteiger partial charge is 0.328 e. The molecule has 0 unspecified atom stereocenters. The Hall–Kier alpha value is -3.37. The smallest absolute Gasteiger partial charge is 0.259 e. The number of hydrogen-bond acceptors (Lipinski definition) is 4. The molecule has 2 aromatic carbocycles. The molecule has 2 aromatic heterocycles. The second-order valence-corrected chi connectivity index (χ2v) is 7.53. The van der Waals surface area contributed by atoms with Gasteiger partial charge >= 0.3 is 0 Å². The third-order valence-electron chi connectivity index (χ3n) is 4.21. The molecule has 0 fully saturated rings. The summed E-state index contributed by atoms with van der Waals surface area (Å²) in [4.78, 5) is 14.8. The van der Waals surface area contributed by atoms with Crippen molar-refractivity contribution in [2.24, 2.45) is 5.14 Å². The van der Waals surface area contributed by atoms with Gasteiger partial charge in [0.2, 0.25) is 10.0 Å². The molecule has 0 aliphatic carbocycles. The van der Waals surface area contributed by atoms with Crippen LogP contribution in [-0.2, 0) is 10.0 Å². The van der Waals surface area contributed by atoms with Crippen LogP contribution in [0.2, 0.25) is 0 Å². The second-order valence-electron chi connectivity index (χ2n) is 5.97. The number of aromatic amines is 1. The summed E-state index contributed by atoms with van der Waals surface area (Å²) in [5.41, 5.74) is -0.222. The lowest BCUT2D eigenvalue weighted by Crippen LogP contribution is -2.11. The number of nitrogens with zero attached hydrogens (tertiary/aromatic N) is 2. The summed E-state index contributed by atoms with van der Waals surface area (Å²) in [7, 11) is -3.89. The Morgan fingerprint density at radius 1 is 1.00 bits per heavy atom. The van der Waals surface area contributed by atoms with Crippen LogP contribution in [0.1, 0.15) is 0 Å². The fourth-order valence-electron chi connectivity index (χ4n) is 2.94. The number of halogens is 2. The number of sulfonamides is 1. The number of benzene rings is 2. The summed E-state index contributed by atoms with van der Waals surface area (Å²) in [5, 5.41) is 9.43. The van der Waals surface area contributed by atoms with Crippen LogP contribution in [0, 0.1) is 11.6 Å². The Bertz CT molecular complexity index is 1360. The highest BCUT2D eigenvalue weighted by atomic mass is 32.2. The number of fused-ring (bicyclic) bond motifs is 1. The fourth-order valence-corrected chi connectivity index (χ4v) is 3.46. The summed E-state index contributed by atoms with van der Waals surface area (Å²) in [5.74, 6) is -1.69. The van der Waals surface area contributed by atoms with Crippen LogP contribution in [0.3, 0.4) is 0 Å². The molecule has 0 atom stereocenters. The number of nitrogens with two attached hydrogens (primary N) is 1. The molecule has 0 radical (unpaired) electrons. The van der Waals surface area contributed by atoms with Crippen molar-refractivity contribution < 1.29 is 17.2 Å². The Kier molecular flexibility index (Phi) is 4.09. The van der Waals surface area contributed by atoms with Gasteiger partial charge in [-0.25, -0.2) is 27.0 Å². The SMILES string of the molecule is NS(=O)(=O)c1ccc(-c2nn(-c3c(F)cccc3F)c3cc[nH]c(=O)c23)cc1. The molecule has 0 amide bonds. The average molecular weight is 402 g/mol. The van der Waals surface area contributed by atoms with E-state index in [9.17, 15) is 22.0 Å². The standard InChI is InChI=1S/C18H12F2N4O3S/c19-12-2-1-3-13(20)17(12)24-14-8-9-22-18(25)15(14)16(23-24)10-4-6-11(7-5-10)28(21,26)27/h1-9H,(H,22,25)(H2,21,26,27). The molecule has 0 aliphatic rings. The van der Waals surface area contributed by atoms with Crippen LogP contribution in [0.5, 0.6) is 0 Å². The predicted octanol–water partition coefficient (Wildman–Crippen LogP) is 2.31. The van der Waals surface area contributed by atoms with Gasteiger partial charge in [0.1, 0.15) is 11.4 Å². The minimum atomic E-state index is -3.89. The topological polar surface area (TPSA) is 111 Å². The molecule has 4 aromatic rings. The molecule has 28 heavy (non-hydrogen) atoms. The summed E-state index contributed by atoms with van der Waals surface area (Å²) in [6.45, 7) is 0. The monoisotopic (exact) mass is 402 g/mol. The van der Waals surface area contributed by atoms with Gasteiger partial charge in [0.15, 0.2) is 11.6 Å². The zero-order valence-electron chi connectivity index (χ0n) is 14.1. The summed E-state index contributed by atoms with van der Waals surface area (Å²) in [6.07, 6.45) is 1.34. The third kappa shape index (κ3) is 2.88. The maximum Gasteiger partial charge on any atom is 0.259 e. The van der Waals surface area contributed by atoms with Crippen molar-refractivity contribution in [3.8, 4) is 16.9 Å². The zero-order valence-corrected chi connectivity index (χ0v) is 14.9. The van der Waals surface area contributed by atoms with E-state index in [0.29, 0.717) is 5.56 Å². The van der Waals surface area contributed by atoms with E-state index in [1.165, 1.54) is 42.6 Å². The third-order valence-corrected chi connectivity index (χ3v) is 5.14. The normalized spacial score (nSPS) is 11.8. The first-order valence-corrected chi connectivity index (χ1v) is 9.50. The van der Waals surface area contributed by atoms with Crippen molar-refractivity contribution in [1.29, 1.82) is 0 Å². The predicted molar refractivity (Wildman–Crippen MR) is 98.4 cm³/mol. The Morgan fingerprint density at radius 2 is 1.64 bits per heavy atom. The van der Waals surface area contributed by atoms with E-state index in [0.717, 1.165) is 16.8 Å². The first kappa shape index (κ1) is 18.0. The van der Waals surface area contributed by atoms with Crippen molar-refractivity contribution >= 4 is 20.9 Å². The number of rotatable bonds is 3. The van der Waals surface area contributed by atoms with Gasteiger partial charge in [-0.05, 0) is 30.3 Å². The van der Waals surface area contributed by atoms with Crippen LogP contribution in [0.25, 0.3) is 27.8 Å². The molecular formula is C18H12F2N4O3S. The van der Waals surface area contributed by atoms with Gasteiger partial charge < -0.3 is 4.98 Å². The molecule has 0 bridgehead atoms. The van der Waals surface area contributed by atoms with Crippen molar-refractivity contribution in [2.75, 3.05) is 0 Å². The van der Waals surface area contributed by atoms with Gasteiger partial charge in [0.05, 0.1) is 15.8 Å². The van der Waals surface area contributed by atoms with E-state index in [1.54, 1.807) is 0 Å². The van der Waals surface area contributed by atoms with Gasteiger partial charge in [-0.3, -0.25) is 4.79 Å². The number of pyridine rings is 1. The van der Waals surface area contributed by atoms with E-state index < -0.39 is 32.9 Å². The summed E-state index contributed by atoms with van der Waals surface area (Å²) in [6, 6.07) is 10.2. The van der Waals surface area contributed by atoms with Gasteiger partial charge in [-0.2, -0.15) is 5.10 Å². The van der Waals surface area contributed by atoms with E-state index in [1.807, 2.05) is 0 Å². The number of nitrogens with one attached hydrogen (secondary N) is 1. The summed E-state index contributed by atoms with van der Waals surface area (Å²) < 4.78 is 52.5. The van der Waals surface area contributed by atoms with Crippen molar-refractivity contribution in [3.05, 3.63) is 76.7 Å². The van der Waals surface area contributed by atoms with E-state index >= 15 is 0 Å². The van der Waals surface area contributed by atoms with Crippen LogP contribution in [-0.4, -0.2) is 23.2 Å². The first-order valence-electron chi connectivity index (χ1n) is 7.95. The fraction of sp³-hybridized carbons (Fsp3) is 0. The quantitative estimate of drug-likeness (QED) is 0.548. The molecule has 0 saturated heterocycles. The second kappa shape index (κ2) is 6.36. The molecular weight excluding hydrogens is 390 g/mol.